The van der Waals surface area contributed by atoms with Gasteiger partial charge in [-0.05, 0) is 92.9 Å². The van der Waals surface area contributed by atoms with Crippen LogP contribution in [0.4, 0.5) is 10.5 Å². The monoisotopic (exact) mass is 471 g/mol. The fourth-order valence-electron chi connectivity index (χ4n) is 5.77. The molecule has 0 unspecified atom stereocenters. The molecular weight excluding hydrogens is 438 g/mol. The highest BCUT2D eigenvalue weighted by atomic mass is 16.2. The van der Waals surface area contributed by atoms with E-state index in [1.54, 1.807) is 6.07 Å². The highest BCUT2D eigenvalue weighted by molar-refractivity contribution is 5.97. The lowest BCUT2D eigenvalue weighted by Gasteiger charge is -2.44. The van der Waals surface area contributed by atoms with E-state index >= 15 is 0 Å². The number of nitriles is 1. The molecule has 7 nitrogen and oxygen atoms in total. The summed E-state index contributed by atoms with van der Waals surface area (Å²) in [6.07, 6.45) is 4.10. The number of carbonyl (C=O) groups excluding carboxylic acids is 2. The van der Waals surface area contributed by atoms with Crippen LogP contribution in [-0.4, -0.2) is 60.5 Å². The summed E-state index contributed by atoms with van der Waals surface area (Å²) in [5.41, 5.74) is 4.12. The molecular formula is C28H33N5O2. The van der Waals surface area contributed by atoms with Gasteiger partial charge in [0.25, 0.3) is 5.91 Å². The molecule has 0 aromatic heterocycles. The lowest BCUT2D eigenvalue weighted by Crippen LogP contribution is -2.57. The molecule has 4 aliphatic rings. The molecule has 182 valence electrons. The number of carbonyl (C=O) groups is 2. The van der Waals surface area contributed by atoms with Crippen LogP contribution < -0.4 is 10.6 Å². The smallest absolute Gasteiger partial charge is 0.319 e. The predicted molar refractivity (Wildman–Crippen MR) is 135 cm³/mol. The molecule has 4 aliphatic heterocycles. The van der Waals surface area contributed by atoms with E-state index in [0.29, 0.717) is 41.7 Å². The number of hydrogen-bond donors (Lipinski definition) is 2. The summed E-state index contributed by atoms with van der Waals surface area (Å²) in [6, 6.07) is 15.5. The molecule has 0 aliphatic carbocycles. The van der Waals surface area contributed by atoms with Crippen molar-refractivity contribution in [3.05, 3.63) is 64.7 Å². The topological polar surface area (TPSA) is 88.5 Å². The van der Waals surface area contributed by atoms with Gasteiger partial charge in [0.2, 0.25) is 0 Å². The summed E-state index contributed by atoms with van der Waals surface area (Å²) in [7, 11) is 0. The van der Waals surface area contributed by atoms with Gasteiger partial charge in [-0.3, -0.25) is 4.79 Å². The summed E-state index contributed by atoms with van der Waals surface area (Å²) in [5.74, 6) is 0.966. The van der Waals surface area contributed by atoms with Crippen molar-refractivity contribution in [2.75, 3.05) is 38.0 Å². The van der Waals surface area contributed by atoms with Crippen LogP contribution in [0.15, 0.2) is 42.5 Å². The Balaban J connectivity index is 1.18. The second-order valence-electron chi connectivity index (χ2n) is 10.2. The van der Waals surface area contributed by atoms with Crippen molar-refractivity contribution in [1.82, 2.24) is 15.1 Å². The van der Waals surface area contributed by atoms with E-state index < -0.39 is 0 Å². The number of fused-ring (bicyclic) bond motifs is 3. The number of aryl methyl sites for hydroxylation is 1. The molecule has 2 bridgehead atoms. The number of urea groups is 1. The first-order chi connectivity index (χ1) is 17.0. The fourth-order valence-corrected chi connectivity index (χ4v) is 5.77. The number of piperidine rings is 4. The van der Waals surface area contributed by atoms with E-state index in [1.165, 1.54) is 5.56 Å². The van der Waals surface area contributed by atoms with E-state index in [4.69, 9.17) is 5.26 Å². The molecule has 0 radical (unpaired) electrons. The first-order valence-electron chi connectivity index (χ1n) is 12.7. The predicted octanol–water partition coefficient (Wildman–Crippen LogP) is 4.10. The Kier molecular flexibility index (Phi) is 6.74. The second-order valence-corrected chi connectivity index (χ2v) is 10.2. The Hall–Kier alpha value is -3.37. The Morgan fingerprint density at radius 1 is 0.971 bits per heavy atom. The van der Waals surface area contributed by atoms with Crippen LogP contribution in [0.5, 0.6) is 0 Å². The van der Waals surface area contributed by atoms with Gasteiger partial charge in [0, 0.05) is 36.9 Å². The third-order valence-corrected chi connectivity index (χ3v) is 8.00. The van der Waals surface area contributed by atoms with Crippen LogP contribution in [0.25, 0.3) is 0 Å². The maximum Gasteiger partial charge on any atom is 0.319 e. The molecule has 6 rings (SSSR count). The molecule has 0 spiro atoms. The van der Waals surface area contributed by atoms with Gasteiger partial charge in [0.15, 0.2) is 0 Å². The van der Waals surface area contributed by atoms with Crippen LogP contribution in [-0.2, 0) is 0 Å². The van der Waals surface area contributed by atoms with Gasteiger partial charge in [-0.1, -0.05) is 18.2 Å². The van der Waals surface area contributed by atoms with Gasteiger partial charge in [-0.25, -0.2) is 4.79 Å². The summed E-state index contributed by atoms with van der Waals surface area (Å²) in [4.78, 5) is 30.3. The van der Waals surface area contributed by atoms with Crippen molar-refractivity contribution in [1.29, 1.82) is 5.26 Å². The summed E-state index contributed by atoms with van der Waals surface area (Å²) >= 11 is 0. The van der Waals surface area contributed by atoms with Gasteiger partial charge < -0.3 is 20.4 Å². The highest BCUT2D eigenvalue weighted by Gasteiger charge is 2.35. The van der Waals surface area contributed by atoms with Crippen LogP contribution in [0, 0.1) is 24.2 Å². The molecule has 2 N–H and O–H groups in total. The fraction of sp³-hybridized carbons (Fsp3) is 0.464. The molecule has 4 heterocycles. The summed E-state index contributed by atoms with van der Waals surface area (Å²) in [6.45, 7) is 6.53. The lowest BCUT2D eigenvalue weighted by atomic mass is 9.84. The van der Waals surface area contributed by atoms with E-state index in [9.17, 15) is 9.59 Å². The third-order valence-electron chi connectivity index (χ3n) is 8.00. The molecule has 0 saturated carbocycles. The molecule has 4 saturated heterocycles. The minimum atomic E-state index is -0.195. The number of likely N-dealkylation sites (tertiary alicyclic amines) is 1. The van der Waals surface area contributed by atoms with Crippen molar-refractivity contribution in [3.8, 4) is 6.07 Å². The molecule has 2 aromatic rings. The maximum atomic E-state index is 13.2. The number of nitrogens with one attached hydrogen (secondary N) is 2. The summed E-state index contributed by atoms with van der Waals surface area (Å²) < 4.78 is 0. The zero-order valence-electron chi connectivity index (χ0n) is 20.3. The van der Waals surface area contributed by atoms with Gasteiger partial charge in [0.05, 0.1) is 11.6 Å². The van der Waals surface area contributed by atoms with Gasteiger partial charge in [-0.15, -0.1) is 0 Å². The second kappa shape index (κ2) is 10.1. The number of nitrogens with zero attached hydrogens (tertiary/aromatic N) is 3. The quantitative estimate of drug-likeness (QED) is 0.703. The number of anilines is 1. The maximum absolute atomic E-state index is 13.2. The number of rotatable bonds is 4. The lowest BCUT2D eigenvalue weighted by molar-refractivity contribution is 0.0713. The van der Waals surface area contributed by atoms with E-state index in [1.807, 2.05) is 48.2 Å². The molecule has 4 fully saturated rings. The number of amides is 3. The van der Waals surface area contributed by atoms with Crippen molar-refractivity contribution in [2.45, 2.75) is 44.6 Å². The number of hydrogen-bond acceptors (Lipinski definition) is 4. The number of benzene rings is 2. The first kappa shape index (κ1) is 23.4. The highest BCUT2D eigenvalue weighted by Crippen LogP contribution is 2.30. The Morgan fingerprint density at radius 3 is 2.31 bits per heavy atom. The minimum absolute atomic E-state index is 0.00382. The zero-order chi connectivity index (χ0) is 24.4. The average Bonchev–Trinajstić information content (AvgIpc) is 2.90. The first-order valence-corrected chi connectivity index (χ1v) is 12.7. The van der Waals surface area contributed by atoms with Crippen LogP contribution in [0.2, 0.25) is 0 Å². The zero-order valence-corrected chi connectivity index (χ0v) is 20.3. The SMILES string of the molecule is Cc1ccc(C(=O)N2CCC(c3ccc(C#N)cc3)CC2)cc1NC(=O)N[C@H]1CN2CCC1CC2. The minimum Gasteiger partial charge on any atom is -0.339 e. The normalized spacial score (nSPS) is 24.0. The van der Waals surface area contributed by atoms with Crippen molar-refractivity contribution < 1.29 is 9.59 Å². The van der Waals surface area contributed by atoms with Crippen LogP contribution >= 0.6 is 0 Å². The third kappa shape index (κ3) is 5.18. The standard InChI is InChI=1S/C28H33N5O2/c1-19-2-5-24(16-25(19)30-28(35)31-26-18-32-12-8-23(26)9-13-32)27(34)33-14-10-22(11-15-33)21-6-3-20(17-29)4-7-21/h2-7,16,22-23,26H,8-15,18H2,1H3,(H2,30,31,35)/t26-/m0/s1. The molecule has 2 aromatic carbocycles. The van der Waals surface area contributed by atoms with Gasteiger partial charge in [-0.2, -0.15) is 5.26 Å². The Bertz CT molecular complexity index is 1120. The van der Waals surface area contributed by atoms with Crippen molar-refractivity contribution >= 4 is 17.6 Å². The molecule has 3 amide bonds. The average molecular weight is 472 g/mol. The van der Waals surface area contributed by atoms with E-state index in [2.05, 4.69) is 21.6 Å². The van der Waals surface area contributed by atoms with Gasteiger partial charge >= 0.3 is 6.03 Å². The van der Waals surface area contributed by atoms with Crippen molar-refractivity contribution in [3.63, 3.8) is 0 Å². The van der Waals surface area contributed by atoms with E-state index in [-0.39, 0.29) is 18.0 Å². The van der Waals surface area contributed by atoms with Crippen LogP contribution in [0.3, 0.4) is 0 Å². The largest absolute Gasteiger partial charge is 0.339 e. The summed E-state index contributed by atoms with van der Waals surface area (Å²) in [5, 5.41) is 15.2. The van der Waals surface area contributed by atoms with E-state index in [0.717, 1.165) is 50.9 Å². The van der Waals surface area contributed by atoms with Crippen molar-refractivity contribution in [2.24, 2.45) is 5.92 Å². The molecule has 35 heavy (non-hydrogen) atoms. The molecule has 7 heteroatoms. The molecule has 1 atom stereocenters. The van der Waals surface area contributed by atoms with Crippen LogP contribution in [0.1, 0.15) is 58.6 Å². The Labute approximate surface area is 207 Å². The Morgan fingerprint density at radius 2 is 1.69 bits per heavy atom. The van der Waals surface area contributed by atoms with Gasteiger partial charge in [0.1, 0.15) is 0 Å².